The molecule has 1 aliphatic carbocycles. The Morgan fingerprint density at radius 1 is 1.07 bits per heavy atom. The van der Waals surface area contributed by atoms with Gasteiger partial charge in [0.15, 0.2) is 5.13 Å². The van der Waals surface area contributed by atoms with E-state index in [9.17, 15) is 9.59 Å². The Labute approximate surface area is 179 Å². The van der Waals surface area contributed by atoms with Gasteiger partial charge in [0.25, 0.3) is 0 Å². The summed E-state index contributed by atoms with van der Waals surface area (Å²) in [5.74, 6) is 0.834. The molecular weight excluding hydrogens is 398 g/mol. The number of nitrogens with one attached hydrogen (secondary N) is 2. The van der Waals surface area contributed by atoms with Gasteiger partial charge in [-0.3, -0.25) is 9.59 Å². The number of carbonyl (C=O) groups is 2. The molecule has 0 aliphatic heterocycles. The van der Waals surface area contributed by atoms with Crippen LogP contribution in [0.3, 0.4) is 0 Å². The van der Waals surface area contributed by atoms with E-state index in [0.717, 1.165) is 47.2 Å². The van der Waals surface area contributed by atoms with Gasteiger partial charge in [-0.05, 0) is 48.7 Å². The van der Waals surface area contributed by atoms with E-state index in [2.05, 4.69) is 15.6 Å². The van der Waals surface area contributed by atoms with Crippen LogP contribution < -0.4 is 15.4 Å². The van der Waals surface area contributed by atoms with Crippen molar-refractivity contribution >= 4 is 44.2 Å². The number of hydrogen-bond acceptors (Lipinski definition) is 5. The van der Waals surface area contributed by atoms with E-state index in [1.165, 1.54) is 17.8 Å². The van der Waals surface area contributed by atoms with Crippen molar-refractivity contribution in [2.45, 2.75) is 38.5 Å². The Balaban J connectivity index is 1.39. The predicted molar refractivity (Wildman–Crippen MR) is 120 cm³/mol. The molecule has 1 aliphatic rings. The fourth-order valence-electron chi connectivity index (χ4n) is 3.76. The van der Waals surface area contributed by atoms with Crippen LogP contribution >= 0.6 is 11.3 Å². The van der Waals surface area contributed by atoms with Crippen LogP contribution in [-0.2, 0) is 16.0 Å². The molecule has 0 unspecified atom stereocenters. The summed E-state index contributed by atoms with van der Waals surface area (Å²) in [5.41, 5.74) is 2.37. The summed E-state index contributed by atoms with van der Waals surface area (Å²) < 4.78 is 6.11. The number of aromatic nitrogens is 1. The second kappa shape index (κ2) is 9.26. The lowest BCUT2D eigenvalue weighted by atomic mass is 9.89. The van der Waals surface area contributed by atoms with Crippen molar-refractivity contribution in [1.29, 1.82) is 0 Å². The average molecular weight is 424 g/mol. The third kappa shape index (κ3) is 4.97. The van der Waals surface area contributed by atoms with Gasteiger partial charge in [-0.1, -0.05) is 42.7 Å². The lowest BCUT2D eigenvalue weighted by Gasteiger charge is -2.19. The number of nitrogens with zero attached hydrogens (tertiary/aromatic N) is 1. The van der Waals surface area contributed by atoms with Gasteiger partial charge in [-0.25, -0.2) is 4.98 Å². The smallest absolute Gasteiger partial charge is 0.229 e. The zero-order valence-corrected chi connectivity index (χ0v) is 17.8. The summed E-state index contributed by atoms with van der Waals surface area (Å²) in [4.78, 5) is 29.4. The lowest BCUT2D eigenvalue weighted by Crippen LogP contribution is -2.24. The van der Waals surface area contributed by atoms with Crippen LogP contribution in [0.4, 0.5) is 10.8 Å². The van der Waals surface area contributed by atoms with Crippen LogP contribution in [0.25, 0.3) is 10.2 Å². The van der Waals surface area contributed by atoms with Gasteiger partial charge in [-0.15, -0.1) is 0 Å². The minimum Gasteiger partial charge on any atom is -0.497 e. The molecule has 0 saturated heterocycles. The molecule has 1 fully saturated rings. The third-order valence-corrected chi connectivity index (χ3v) is 6.35. The van der Waals surface area contributed by atoms with Crippen molar-refractivity contribution in [3.63, 3.8) is 0 Å². The molecule has 2 aromatic carbocycles. The Morgan fingerprint density at radius 3 is 2.57 bits per heavy atom. The molecule has 3 aromatic rings. The molecule has 6 nitrogen and oxygen atoms in total. The number of hydrogen-bond donors (Lipinski definition) is 2. The van der Waals surface area contributed by atoms with Crippen LogP contribution in [0.15, 0.2) is 42.5 Å². The lowest BCUT2D eigenvalue weighted by molar-refractivity contribution is -0.120. The molecule has 0 bridgehead atoms. The number of fused-ring (bicyclic) bond motifs is 1. The number of amides is 2. The minimum atomic E-state index is -0.0967. The molecule has 4 rings (SSSR count). The maximum Gasteiger partial charge on any atom is 0.229 e. The first-order valence-corrected chi connectivity index (χ1v) is 11.1. The Kier molecular flexibility index (Phi) is 6.28. The fraction of sp³-hybridized carbons (Fsp3) is 0.348. The molecule has 0 radical (unpaired) electrons. The van der Waals surface area contributed by atoms with Crippen molar-refractivity contribution < 1.29 is 14.3 Å². The number of rotatable bonds is 6. The van der Waals surface area contributed by atoms with Crippen LogP contribution in [0.5, 0.6) is 5.75 Å². The molecule has 30 heavy (non-hydrogen) atoms. The molecule has 0 atom stereocenters. The first-order chi connectivity index (χ1) is 14.6. The zero-order chi connectivity index (χ0) is 20.9. The summed E-state index contributed by atoms with van der Waals surface area (Å²) in [6, 6.07) is 13.1. The quantitative estimate of drug-likeness (QED) is 0.584. The number of thiazole rings is 1. The number of methoxy groups -OCH3 is 1. The normalized spacial score (nSPS) is 14.4. The number of ether oxygens (including phenoxy) is 1. The third-order valence-electron chi connectivity index (χ3n) is 5.40. The van der Waals surface area contributed by atoms with Crippen molar-refractivity contribution in [3.8, 4) is 5.75 Å². The van der Waals surface area contributed by atoms with E-state index in [1.807, 2.05) is 42.5 Å². The summed E-state index contributed by atoms with van der Waals surface area (Å²) in [6.45, 7) is 0. The summed E-state index contributed by atoms with van der Waals surface area (Å²) in [7, 11) is 1.61. The van der Waals surface area contributed by atoms with E-state index in [0.29, 0.717) is 10.8 Å². The highest BCUT2D eigenvalue weighted by molar-refractivity contribution is 7.22. The van der Waals surface area contributed by atoms with Gasteiger partial charge in [0.1, 0.15) is 5.75 Å². The Morgan fingerprint density at radius 2 is 1.83 bits per heavy atom. The molecule has 2 N–H and O–H groups in total. The van der Waals surface area contributed by atoms with E-state index in [4.69, 9.17) is 4.74 Å². The first-order valence-electron chi connectivity index (χ1n) is 10.2. The van der Waals surface area contributed by atoms with E-state index < -0.39 is 0 Å². The van der Waals surface area contributed by atoms with Crippen LogP contribution in [0.1, 0.15) is 37.7 Å². The highest BCUT2D eigenvalue weighted by atomic mass is 32.1. The fourth-order valence-corrected chi connectivity index (χ4v) is 4.61. The van der Waals surface area contributed by atoms with Gasteiger partial charge in [-0.2, -0.15) is 0 Å². The van der Waals surface area contributed by atoms with Gasteiger partial charge in [0.2, 0.25) is 11.8 Å². The molecule has 1 saturated carbocycles. The summed E-state index contributed by atoms with van der Waals surface area (Å²) >= 11 is 1.46. The SMILES string of the molecule is COc1ccc(CC(=O)Nc2ccc3sc(NC(=O)C4CCCCC4)nc3c2)cc1. The first kappa shape index (κ1) is 20.3. The van der Waals surface area contributed by atoms with Crippen molar-refractivity contribution in [2.75, 3.05) is 17.7 Å². The van der Waals surface area contributed by atoms with Gasteiger partial charge < -0.3 is 15.4 Å². The molecule has 0 spiro atoms. The molecule has 1 heterocycles. The van der Waals surface area contributed by atoms with E-state index >= 15 is 0 Å². The highest BCUT2D eigenvalue weighted by Crippen LogP contribution is 2.30. The van der Waals surface area contributed by atoms with Crippen molar-refractivity contribution in [1.82, 2.24) is 4.98 Å². The second-order valence-electron chi connectivity index (χ2n) is 7.60. The topological polar surface area (TPSA) is 80.3 Å². The number of anilines is 2. The molecule has 156 valence electrons. The van der Waals surface area contributed by atoms with Crippen molar-refractivity contribution in [3.05, 3.63) is 48.0 Å². The van der Waals surface area contributed by atoms with Crippen LogP contribution in [0, 0.1) is 5.92 Å². The number of benzene rings is 2. The van der Waals surface area contributed by atoms with E-state index in [1.54, 1.807) is 7.11 Å². The van der Waals surface area contributed by atoms with Crippen molar-refractivity contribution in [2.24, 2.45) is 5.92 Å². The summed E-state index contributed by atoms with van der Waals surface area (Å²) in [6.07, 6.45) is 5.66. The second-order valence-corrected chi connectivity index (χ2v) is 8.63. The molecule has 7 heteroatoms. The highest BCUT2D eigenvalue weighted by Gasteiger charge is 2.22. The largest absolute Gasteiger partial charge is 0.497 e. The standard InChI is InChI=1S/C23H25N3O3S/c1-29-18-10-7-15(8-11-18)13-21(27)24-17-9-12-20-19(14-17)25-23(30-20)26-22(28)16-5-3-2-4-6-16/h7-12,14,16H,2-6,13H2,1H3,(H,24,27)(H,25,26,28). The maximum absolute atomic E-state index is 12.5. The summed E-state index contributed by atoms with van der Waals surface area (Å²) in [5, 5.41) is 6.51. The van der Waals surface area contributed by atoms with Gasteiger partial charge in [0, 0.05) is 11.6 Å². The Bertz CT molecular complexity index is 1040. The van der Waals surface area contributed by atoms with Crippen LogP contribution in [-0.4, -0.2) is 23.9 Å². The predicted octanol–water partition coefficient (Wildman–Crippen LogP) is 5.00. The van der Waals surface area contributed by atoms with Gasteiger partial charge in [0.05, 0.1) is 23.7 Å². The van der Waals surface area contributed by atoms with Crippen LogP contribution in [0.2, 0.25) is 0 Å². The van der Waals surface area contributed by atoms with Gasteiger partial charge >= 0.3 is 0 Å². The molecule has 2 amide bonds. The maximum atomic E-state index is 12.5. The molecular formula is C23H25N3O3S. The average Bonchev–Trinajstić information content (AvgIpc) is 3.16. The Hall–Kier alpha value is -2.93. The molecule has 1 aromatic heterocycles. The monoisotopic (exact) mass is 423 g/mol. The zero-order valence-electron chi connectivity index (χ0n) is 16.9. The number of carbonyl (C=O) groups excluding carboxylic acids is 2. The minimum absolute atomic E-state index is 0.0711. The van der Waals surface area contributed by atoms with E-state index in [-0.39, 0.29) is 24.2 Å².